The summed E-state index contributed by atoms with van der Waals surface area (Å²) in [5, 5.41) is 9.03. The Bertz CT molecular complexity index is 550. The molecule has 126 valence electrons. The second kappa shape index (κ2) is 8.70. The molecular weight excluding hydrogens is 292 g/mol. The lowest BCUT2D eigenvalue weighted by atomic mass is 9.83. The number of fused-ring (bicyclic) bond motifs is 1. The number of hydrogen-bond acceptors (Lipinski definition) is 3. The van der Waals surface area contributed by atoms with Gasteiger partial charge in [0.1, 0.15) is 0 Å². The van der Waals surface area contributed by atoms with Gasteiger partial charge in [0.05, 0.1) is 18.1 Å². The molecule has 0 saturated carbocycles. The van der Waals surface area contributed by atoms with E-state index in [2.05, 4.69) is 6.92 Å². The molecule has 0 heterocycles. The van der Waals surface area contributed by atoms with Crippen LogP contribution >= 0.6 is 0 Å². The minimum atomic E-state index is -0.905. The van der Waals surface area contributed by atoms with Gasteiger partial charge in [0.25, 0.3) is 0 Å². The third-order valence-corrected chi connectivity index (χ3v) is 4.51. The topological polar surface area (TPSA) is 63.6 Å². The van der Waals surface area contributed by atoms with E-state index in [4.69, 9.17) is 9.84 Å². The molecule has 0 saturated heterocycles. The highest BCUT2D eigenvalue weighted by Gasteiger charge is 2.26. The number of aromatic carboxylic acids is 1. The third-order valence-electron chi connectivity index (χ3n) is 4.51. The number of esters is 1. The lowest BCUT2D eigenvalue weighted by Crippen LogP contribution is -2.25. The molecule has 23 heavy (non-hydrogen) atoms. The number of carbonyl (C=O) groups excluding carboxylic acids is 1. The second-order valence-electron chi connectivity index (χ2n) is 6.31. The molecule has 0 fully saturated rings. The van der Waals surface area contributed by atoms with Crippen molar-refractivity contribution in [1.82, 2.24) is 0 Å². The standard InChI is InChI=1S/C19H26O4/c1-2-3-4-5-6-11-23-19(22)17-10-8-14-12-16(18(20)21)9-7-15(14)13-17/h7,9,12,17H,2-6,8,10-11,13H2,1H3,(H,20,21). The highest BCUT2D eigenvalue weighted by atomic mass is 16.5. The zero-order chi connectivity index (χ0) is 16.7. The zero-order valence-corrected chi connectivity index (χ0v) is 13.8. The smallest absolute Gasteiger partial charge is 0.335 e. The van der Waals surface area contributed by atoms with Gasteiger partial charge in [-0.05, 0) is 48.9 Å². The van der Waals surface area contributed by atoms with Gasteiger partial charge >= 0.3 is 11.9 Å². The Kier molecular flexibility index (Phi) is 6.63. The zero-order valence-electron chi connectivity index (χ0n) is 13.8. The monoisotopic (exact) mass is 318 g/mol. The maximum absolute atomic E-state index is 12.2. The number of unbranched alkanes of at least 4 members (excludes halogenated alkanes) is 4. The van der Waals surface area contributed by atoms with Crippen molar-refractivity contribution < 1.29 is 19.4 Å². The Labute approximate surface area is 137 Å². The van der Waals surface area contributed by atoms with E-state index >= 15 is 0 Å². The lowest BCUT2D eigenvalue weighted by Gasteiger charge is -2.23. The average Bonchev–Trinajstić information content (AvgIpc) is 2.56. The molecule has 0 radical (unpaired) electrons. The fourth-order valence-electron chi connectivity index (χ4n) is 3.09. The van der Waals surface area contributed by atoms with Crippen LogP contribution in [0.15, 0.2) is 18.2 Å². The van der Waals surface area contributed by atoms with E-state index in [0.29, 0.717) is 18.6 Å². The Morgan fingerprint density at radius 2 is 1.96 bits per heavy atom. The summed E-state index contributed by atoms with van der Waals surface area (Å²) in [5.74, 6) is -1.10. The Hall–Kier alpha value is -1.84. The largest absolute Gasteiger partial charge is 0.478 e. The van der Waals surface area contributed by atoms with E-state index in [-0.39, 0.29) is 11.9 Å². The Morgan fingerprint density at radius 3 is 2.70 bits per heavy atom. The number of hydrogen-bond donors (Lipinski definition) is 1. The van der Waals surface area contributed by atoms with E-state index in [9.17, 15) is 9.59 Å². The van der Waals surface area contributed by atoms with Gasteiger partial charge in [0.2, 0.25) is 0 Å². The van der Waals surface area contributed by atoms with Crippen molar-refractivity contribution in [2.24, 2.45) is 5.92 Å². The minimum absolute atomic E-state index is 0.0891. The SMILES string of the molecule is CCCCCCCOC(=O)C1CCc2cc(C(=O)O)ccc2C1. The molecule has 4 heteroatoms. The van der Waals surface area contributed by atoms with Crippen LogP contribution in [0.25, 0.3) is 0 Å². The summed E-state index contributed by atoms with van der Waals surface area (Å²) in [4.78, 5) is 23.2. The Balaban J connectivity index is 1.80. The molecule has 4 nitrogen and oxygen atoms in total. The molecule has 0 bridgehead atoms. The van der Waals surface area contributed by atoms with Gasteiger partial charge in [0.15, 0.2) is 0 Å². The van der Waals surface area contributed by atoms with Crippen LogP contribution in [0.1, 0.15) is 66.9 Å². The summed E-state index contributed by atoms with van der Waals surface area (Å²) in [7, 11) is 0. The van der Waals surface area contributed by atoms with E-state index in [1.165, 1.54) is 19.3 Å². The summed E-state index contributed by atoms with van der Waals surface area (Å²) >= 11 is 0. The number of carboxylic acids is 1. The van der Waals surface area contributed by atoms with Crippen molar-refractivity contribution in [3.8, 4) is 0 Å². The first-order valence-electron chi connectivity index (χ1n) is 8.63. The lowest BCUT2D eigenvalue weighted by molar-refractivity contribution is -0.149. The van der Waals surface area contributed by atoms with Crippen molar-refractivity contribution in [2.75, 3.05) is 6.61 Å². The van der Waals surface area contributed by atoms with Crippen LogP contribution in [-0.4, -0.2) is 23.7 Å². The van der Waals surface area contributed by atoms with Crippen molar-refractivity contribution in [2.45, 2.75) is 58.3 Å². The van der Waals surface area contributed by atoms with Crippen LogP contribution in [0, 0.1) is 5.92 Å². The van der Waals surface area contributed by atoms with Gasteiger partial charge < -0.3 is 9.84 Å². The molecule has 0 aliphatic heterocycles. The van der Waals surface area contributed by atoms with Gasteiger partial charge in [-0.2, -0.15) is 0 Å². The quantitative estimate of drug-likeness (QED) is 0.581. The average molecular weight is 318 g/mol. The molecule has 1 N–H and O–H groups in total. The molecule has 0 aromatic heterocycles. The second-order valence-corrected chi connectivity index (χ2v) is 6.31. The number of carboxylic acid groups (broad SMARTS) is 1. The maximum Gasteiger partial charge on any atom is 0.335 e. The first-order valence-corrected chi connectivity index (χ1v) is 8.63. The third kappa shape index (κ3) is 5.08. The van der Waals surface area contributed by atoms with Gasteiger partial charge in [-0.3, -0.25) is 4.79 Å². The minimum Gasteiger partial charge on any atom is -0.478 e. The molecule has 1 aromatic rings. The number of ether oxygens (including phenoxy) is 1. The highest BCUT2D eigenvalue weighted by Crippen LogP contribution is 2.27. The number of benzene rings is 1. The predicted molar refractivity (Wildman–Crippen MR) is 88.6 cm³/mol. The van der Waals surface area contributed by atoms with Crippen molar-refractivity contribution in [3.05, 3.63) is 34.9 Å². The summed E-state index contributed by atoms with van der Waals surface area (Å²) in [6, 6.07) is 5.18. The normalized spacial score (nSPS) is 16.7. The molecule has 0 amide bonds. The number of carbonyl (C=O) groups is 2. The molecule has 2 rings (SSSR count). The van der Waals surface area contributed by atoms with Crippen LogP contribution in [0.3, 0.4) is 0 Å². The first-order chi connectivity index (χ1) is 11.1. The van der Waals surface area contributed by atoms with Crippen LogP contribution in [0.5, 0.6) is 0 Å². The first kappa shape index (κ1) is 17.5. The summed E-state index contributed by atoms with van der Waals surface area (Å²) in [5.41, 5.74) is 2.44. The maximum atomic E-state index is 12.2. The Morgan fingerprint density at radius 1 is 1.17 bits per heavy atom. The van der Waals surface area contributed by atoms with Crippen LogP contribution in [0.2, 0.25) is 0 Å². The summed E-state index contributed by atoms with van der Waals surface area (Å²) < 4.78 is 5.41. The fourth-order valence-corrected chi connectivity index (χ4v) is 3.09. The van der Waals surface area contributed by atoms with Crippen LogP contribution in [0.4, 0.5) is 0 Å². The predicted octanol–water partition coefficient (Wildman–Crippen LogP) is 4.00. The van der Waals surface area contributed by atoms with Gasteiger partial charge in [-0.15, -0.1) is 0 Å². The number of rotatable bonds is 8. The molecule has 1 aliphatic rings. The van der Waals surface area contributed by atoms with E-state index in [1.54, 1.807) is 12.1 Å². The summed E-state index contributed by atoms with van der Waals surface area (Å²) in [6.07, 6.45) is 7.86. The van der Waals surface area contributed by atoms with Gasteiger partial charge in [-0.1, -0.05) is 38.7 Å². The highest BCUT2D eigenvalue weighted by molar-refractivity contribution is 5.88. The van der Waals surface area contributed by atoms with Crippen molar-refractivity contribution in [3.63, 3.8) is 0 Å². The molecule has 1 aliphatic carbocycles. The van der Waals surface area contributed by atoms with Gasteiger partial charge in [0, 0.05) is 0 Å². The van der Waals surface area contributed by atoms with Crippen molar-refractivity contribution >= 4 is 11.9 Å². The van der Waals surface area contributed by atoms with Crippen LogP contribution < -0.4 is 0 Å². The van der Waals surface area contributed by atoms with Crippen molar-refractivity contribution in [1.29, 1.82) is 0 Å². The van der Waals surface area contributed by atoms with E-state index < -0.39 is 5.97 Å². The van der Waals surface area contributed by atoms with Crippen LogP contribution in [-0.2, 0) is 22.4 Å². The van der Waals surface area contributed by atoms with Gasteiger partial charge in [-0.25, -0.2) is 4.79 Å². The molecule has 1 aromatic carbocycles. The van der Waals surface area contributed by atoms with E-state index in [1.807, 2.05) is 6.07 Å². The fraction of sp³-hybridized carbons (Fsp3) is 0.579. The summed E-state index contributed by atoms with van der Waals surface area (Å²) in [6.45, 7) is 2.70. The molecule has 1 unspecified atom stereocenters. The molecular formula is C19H26O4. The van der Waals surface area contributed by atoms with E-state index in [0.717, 1.165) is 36.8 Å². The number of aryl methyl sites for hydroxylation is 1. The molecule has 1 atom stereocenters. The molecule has 0 spiro atoms.